The average molecular weight is 498 g/mol. The fourth-order valence-corrected chi connectivity index (χ4v) is 5.91. The van der Waals surface area contributed by atoms with Gasteiger partial charge in [0.15, 0.2) is 0 Å². The van der Waals surface area contributed by atoms with E-state index in [1.807, 2.05) is 13.8 Å². The van der Waals surface area contributed by atoms with Crippen LogP contribution in [0.2, 0.25) is 10.0 Å². The molecule has 0 bridgehead atoms. The maximum atomic E-state index is 13.1. The Hall–Kier alpha value is -2.13. The highest BCUT2D eigenvalue weighted by Crippen LogP contribution is 2.29. The number of halogens is 2. The van der Waals surface area contributed by atoms with Crippen molar-refractivity contribution in [2.24, 2.45) is 5.92 Å². The summed E-state index contributed by atoms with van der Waals surface area (Å²) in [6, 6.07) is 9.25. The van der Waals surface area contributed by atoms with Gasteiger partial charge in [-0.1, -0.05) is 36.2 Å². The van der Waals surface area contributed by atoms with E-state index in [0.717, 1.165) is 18.4 Å². The quantitative estimate of drug-likeness (QED) is 0.627. The number of hydrogen-bond acceptors (Lipinski definition) is 4. The molecular weight excluding hydrogens is 473 g/mol. The SMILES string of the molecule is Cc1ccc(NC(=O)CNC(=O)c2ccc(Cl)c(S(=O)(=O)N3CCCC(C)C3)c2)c(Cl)c1. The number of aryl methyl sites for hydroxylation is 1. The van der Waals surface area contributed by atoms with Crippen LogP contribution in [0.5, 0.6) is 0 Å². The van der Waals surface area contributed by atoms with Crippen molar-refractivity contribution >= 4 is 50.7 Å². The summed E-state index contributed by atoms with van der Waals surface area (Å²) in [5.74, 6) is -0.798. The van der Waals surface area contributed by atoms with Gasteiger partial charge >= 0.3 is 0 Å². The molecular formula is C22H25Cl2N3O4S. The first-order valence-electron chi connectivity index (χ1n) is 10.2. The predicted molar refractivity (Wildman–Crippen MR) is 126 cm³/mol. The molecule has 1 aliphatic rings. The van der Waals surface area contributed by atoms with Crippen LogP contribution in [0.4, 0.5) is 5.69 Å². The molecule has 1 unspecified atom stereocenters. The van der Waals surface area contributed by atoms with Gasteiger partial charge in [0.05, 0.1) is 22.3 Å². The zero-order valence-electron chi connectivity index (χ0n) is 17.8. The summed E-state index contributed by atoms with van der Waals surface area (Å²) in [4.78, 5) is 24.6. The molecule has 0 aromatic heterocycles. The zero-order chi connectivity index (χ0) is 23.5. The molecule has 172 valence electrons. The Morgan fingerprint density at radius 2 is 1.88 bits per heavy atom. The van der Waals surface area contributed by atoms with Gasteiger partial charge in [-0.05, 0) is 61.6 Å². The van der Waals surface area contributed by atoms with Gasteiger partial charge in [0, 0.05) is 18.7 Å². The number of nitrogens with one attached hydrogen (secondary N) is 2. The molecule has 1 aliphatic heterocycles. The van der Waals surface area contributed by atoms with E-state index in [9.17, 15) is 18.0 Å². The number of piperidine rings is 1. The second kappa shape index (κ2) is 10.2. The minimum atomic E-state index is -3.83. The second-order valence-corrected chi connectivity index (χ2v) is 10.7. The number of benzene rings is 2. The van der Waals surface area contributed by atoms with Crippen LogP contribution in [0.1, 0.15) is 35.7 Å². The molecule has 10 heteroatoms. The highest BCUT2D eigenvalue weighted by atomic mass is 35.5. The molecule has 7 nitrogen and oxygen atoms in total. The van der Waals surface area contributed by atoms with Crippen LogP contribution in [0.3, 0.4) is 0 Å². The number of carbonyl (C=O) groups is 2. The van der Waals surface area contributed by atoms with Crippen molar-refractivity contribution in [2.45, 2.75) is 31.6 Å². The van der Waals surface area contributed by atoms with Gasteiger partial charge in [0.1, 0.15) is 4.90 Å². The average Bonchev–Trinajstić information content (AvgIpc) is 2.74. The zero-order valence-corrected chi connectivity index (χ0v) is 20.1. The van der Waals surface area contributed by atoms with E-state index in [1.54, 1.807) is 18.2 Å². The van der Waals surface area contributed by atoms with Gasteiger partial charge in [-0.2, -0.15) is 4.31 Å². The number of anilines is 1. The Morgan fingerprint density at radius 1 is 1.12 bits per heavy atom. The summed E-state index contributed by atoms with van der Waals surface area (Å²) < 4.78 is 27.6. The van der Waals surface area contributed by atoms with Crippen molar-refractivity contribution in [2.75, 3.05) is 25.0 Å². The van der Waals surface area contributed by atoms with Crippen molar-refractivity contribution in [1.29, 1.82) is 0 Å². The molecule has 2 N–H and O–H groups in total. The van der Waals surface area contributed by atoms with E-state index < -0.39 is 21.8 Å². The number of carbonyl (C=O) groups excluding carboxylic acids is 2. The van der Waals surface area contributed by atoms with Crippen LogP contribution >= 0.6 is 23.2 Å². The Labute approximate surface area is 198 Å². The highest BCUT2D eigenvalue weighted by molar-refractivity contribution is 7.89. The summed E-state index contributed by atoms with van der Waals surface area (Å²) in [7, 11) is -3.83. The maximum Gasteiger partial charge on any atom is 0.251 e. The third-order valence-corrected chi connectivity index (χ3v) is 7.90. The fraction of sp³-hybridized carbons (Fsp3) is 0.364. The van der Waals surface area contributed by atoms with Crippen LogP contribution in [-0.2, 0) is 14.8 Å². The fourth-order valence-electron chi connectivity index (χ4n) is 3.52. The molecule has 1 heterocycles. The predicted octanol–water partition coefficient (Wildman–Crippen LogP) is 4.09. The molecule has 2 aromatic rings. The molecule has 1 atom stereocenters. The number of nitrogens with zero attached hydrogens (tertiary/aromatic N) is 1. The molecule has 32 heavy (non-hydrogen) atoms. The van der Waals surface area contributed by atoms with Crippen LogP contribution < -0.4 is 10.6 Å². The molecule has 3 rings (SSSR count). The molecule has 0 saturated carbocycles. The van der Waals surface area contributed by atoms with Gasteiger partial charge in [-0.25, -0.2) is 8.42 Å². The first kappa shape index (κ1) is 24.5. The molecule has 2 amide bonds. The lowest BCUT2D eigenvalue weighted by Gasteiger charge is -2.30. The van der Waals surface area contributed by atoms with Crippen LogP contribution in [-0.4, -0.2) is 44.2 Å². The van der Waals surface area contributed by atoms with E-state index in [-0.39, 0.29) is 27.9 Å². The van der Waals surface area contributed by atoms with E-state index in [4.69, 9.17) is 23.2 Å². The minimum absolute atomic E-state index is 0.0477. The monoisotopic (exact) mass is 497 g/mol. The van der Waals surface area contributed by atoms with Crippen molar-refractivity contribution in [1.82, 2.24) is 9.62 Å². The van der Waals surface area contributed by atoms with E-state index in [1.165, 1.54) is 22.5 Å². The smallest absolute Gasteiger partial charge is 0.251 e. The molecule has 0 radical (unpaired) electrons. The summed E-state index contributed by atoms with van der Waals surface area (Å²) in [5, 5.41) is 5.56. The third-order valence-electron chi connectivity index (χ3n) is 5.24. The van der Waals surface area contributed by atoms with E-state index in [2.05, 4.69) is 10.6 Å². The van der Waals surface area contributed by atoms with E-state index >= 15 is 0 Å². The van der Waals surface area contributed by atoms with Gasteiger partial charge in [0.25, 0.3) is 5.91 Å². The summed E-state index contributed by atoms with van der Waals surface area (Å²) in [5.41, 5.74) is 1.49. The van der Waals surface area contributed by atoms with Crippen LogP contribution in [0.25, 0.3) is 0 Å². The standard InChI is InChI=1S/C22H25Cl2N3O4S/c1-14-5-8-19(18(24)10-14)26-21(28)12-25-22(29)16-6-7-17(23)20(11-16)32(30,31)27-9-3-4-15(2)13-27/h5-8,10-11,15H,3-4,9,12-13H2,1-2H3,(H,25,29)(H,26,28). The van der Waals surface area contributed by atoms with Gasteiger partial charge < -0.3 is 10.6 Å². The lowest BCUT2D eigenvalue weighted by Crippen LogP contribution is -2.39. The highest BCUT2D eigenvalue weighted by Gasteiger charge is 2.31. The molecule has 1 saturated heterocycles. The Kier molecular flexibility index (Phi) is 7.82. The van der Waals surface area contributed by atoms with Crippen molar-refractivity contribution in [3.8, 4) is 0 Å². The third kappa shape index (κ3) is 5.81. The number of sulfonamides is 1. The molecule has 2 aromatic carbocycles. The lowest BCUT2D eigenvalue weighted by molar-refractivity contribution is -0.115. The first-order chi connectivity index (χ1) is 15.1. The molecule has 1 fully saturated rings. The Bertz CT molecular complexity index is 1140. The summed E-state index contributed by atoms with van der Waals surface area (Å²) >= 11 is 12.3. The minimum Gasteiger partial charge on any atom is -0.343 e. The van der Waals surface area contributed by atoms with Crippen molar-refractivity contribution in [3.05, 3.63) is 57.6 Å². The lowest BCUT2D eigenvalue weighted by atomic mass is 10.0. The van der Waals surface area contributed by atoms with E-state index in [0.29, 0.717) is 23.8 Å². The van der Waals surface area contributed by atoms with Crippen molar-refractivity contribution in [3.63, 3.8) is 0 Å². The topological polar surface area (TPSA) is 95.6 Å². The van der Waals surface area contributed by atoms with Crippen molar-refractivity contribution < 1.29 is 18.0 Å². The van der Waals surface area contributed by atoms with Gasteiger partial charge in [-0.3, -0.25) is 9.59 Å². The largest absolute Gasteiger partial charge is 0.343 e. The Morgan fingerprint density at radius 3 is 2.56 bits per heavy atom. The summed E-state index contributed by atoms with van der Waals surface area (Å²) in [6.45, 7) is 4.40. The molecule has 0 spiro atoms. The number of hydrogen-bond donors (Lipinski definition) is 2. The first-order valence-corrected chi connectivity index (χ1v) is 12.4. The summed E-state index contributed by atoms with van der Waals surface area (Å²) in [6.07, 6.45) is 1.75. The number of amides is 2. The second-order valence-electron chi connectivity index (χ2n) is 7.97. The molecule has 0 aliphatic carbocycles. The van der Waals surface area contributed by atoms with Crippen LogP contribution in [0.15, 0.2) is 41.3 Å². The number of rotatable bonds is 6. The van der Waals surface area contributed by atoms with Gasteiger partial charge in [-0.15, -0.1) is 0 Å². The van der Waals surface area contributed by atoms with Crippen LogP contribution in [0, 0.1) is 12.8 Å². The Balaban J connectivity index is 1.69. The normalized spacial score (nSPS) is 17.1. The van der Waals surface area contributed by atoms with Gasteiger partial charge in [0.2, 0.25) is 15.9 Å². The maximum absolute atomic E-state index is 13.1.